The van der Waals surface area contributed by atoms with Gasteiger partial charge in [-0.05, 0) is 123 Å². The van der Waals surface area contributed by atoms with Gasteiger partial charge in [-0.3, -0.25) is 9.59 Å². The van der Waals surface area contributed by atoms with Gasteiger partial charge in [0, 0.05) is 37.3 Å². The number of carbonyl (C=O) groups is 2. The van der Waals surface area contributed by atoms with Crippen LogP contribution in [0.15, 0.2) is 56.8 Å². The molecule has 53 heavy (non-hydrogen) atoms. The Morgan fingerprint density at radius 2 is 1.02 bits per heavy atom. The average molecular weight is 974 g/mol. The van der Waals surface area contributed by atoms with E-state index in [-0.39, 0.29) is 32.9 Å². The largest absolute Gasteiger partial charge is 2.00 e. The molecule has 0 N–H and O–H groups in total. The zero-order chi connectivity index (χ0) is 37.4. The Kier molecular flexibility index (Phi) is 17.0. The first-order chi connectivity index (χ1) is 25.0. The second kappa shape index (κ2) is 20.6. The van der Waals surface area contributed by atoms with Crippen molar-refractivity contribution >= 4 is 92.1 Å². The summed E-state index contributed by atoms with van der Waals surface area (Å²) >= 11 is 12.9. The van der Waals surface area contributed by atoms with E-state index >= 15 is 0 Å². The van der Waals surface area contributed by atoms with Crippen LogP contribution < -0.4 is 9.80 Å². The molecule has 0 bridgehead atoms. The third-order valence-corrected chi connectivity index (χ3v) is 12.2. The molecule has 4 heterocycles. The number of hydrogen-bond acceptors (Lipinski definition) is 12. The van der Waals surface area contributed by atoms with Gasteiger partial charge in [-0.2, -0.15) is 10.2 Å². The summed E-state index contributed by atoms with van der Waals surface area (Å²) in [5.74, 6) is 1.46. The molecule has 0 radical (unpaired) electrons. The Labute approximate surface area is 349 Å². The standard InChI is InChI=1S/2C19H26N4OS2.Pt/c2*1-13-6-8-22(9-7-13)10-11-23-16-5-4-14(2)12-15(16)17(18(23)24)20-21-19(25)26-3;/h2*4-5,12-13H,6-11H2,1-3H3,(H,21,25);/q;;+2/p-2/b2*20-17+;. The molecule has 0 saturated carbocycles. The van der Waals surface area contributed by atoms with Crippen LogP contribution in [0.1, 0.15) is 61.8 Å². The van der Waals surface area contributed by atoms with E-state index in [1.54, 1.807) is 0 Å². The Morgan fingerprint density at radius 1 is 0.660 bits per heavy atom. The summed E-state index contributed by atoms with van der Waals surface area (Å²) in [6.45, 7) is 16.2. The summed E-state index contributed by atoms with van der Waals surface area (Å²) < 4.78 is 0.862. The molecule has 2 amide bonds. The second-order valence-corrected chi connectivity index (χ2v) is 16.9. The summed E-state index contributed by atoms with van der Waals surface area (Å²) in [6, 6.07) is 12.1. The summed E-state index contributed by atoms with van der Waals surface area (Å²) in [5, 5.41) is 16.4. The molecule has 288 valence electrons. The molecule has 0 unspecified atom stereocenters. The van der Waals surface area contributed by atoms with Gasteiger partial charge in [0.05, 0.1) is 11.4 Å². The molecular weight excluding hydrogens is 924 g/mol. The van der Waals surface area contributed by atoms with Gasteiger partial charge in [0.2, 0.25) is 0 Å². The maximum absolute atomic E-state index is 13.0. The molecule has 2 saturated heterocycles. The number of fused-ring (bicyclic) bond motifs is 2. The fourth-order valence-electron chi connectivity index (χ4n) is 6.81. The van der Waals surface area contributed by atoms with Crippen molar-refractivity contribution in [3.63, 3.8) is 0 Å². The molecule has 0 aliphatic carbocycles. The van der Waals surface area contributed by atoms with Crippen LogP contribution in [-0.4, -0.2) is 107 Å². The number of amides is 2. The summed E-state index contributed by atoms with van der Waals surface area (Å²) in [4.78, 5) is 34.5. The van der Waals surface area contributed by atoms with Crippen LogP contribution in [-0.2, 0) is 55.9 Å². The number of nitrogens with zero attached hydrogens (tertiary/aromatic N) is 8. The van der Waals surface area contributed by atoms with Crippen LogP contribution in [0.2, 0.25) is 0 Å². The van der Waals surface area contributed by atoms with Gasteiger partial charge >= 0.3 is 21.1 Å². The number of anilines is 2. The molecule has 0 atom stereocenters. The molecule has 2 fully saturated rings. The average Bonchev–Trinajstić information content (AvgIpc) is 3.55. The van der Waals surface area contributed by atoms with E-state index in [4.69, 9.17) is 25.3 Å². The van der Waals surface area contributed by atoms with Gasteiger partial charge in [-0.25, -0.2) is 0 Å². The fraction of sp³-hybridized carbons (Fsp3) is 0.526. The van der Waals surface area contributed by atoms with Crippen LogP contribution in [0.25, 0.3) is 0 Å². The van der Waals surface area contributed by atoms with Crippen LogP contribution in [0.4, 0.5) is 11.4 Å². The molecule has 2 aromatic rings. The van der Waals surface area contributed by atoms with E-state index in [0.29, 0.717) is 33.3 Å². The molecule has 15 heteroatoms. The minimum absolute atomic E-state index is 0. The predicted octanol–water partition coefficient (Wildman–Crippen LogP) is 6.08. The Morgan fingerprint density at radius 3 is 1.36 bits per heavy atom. The van der Waals surface area contributed by atoms with Crippen LogP contribution in [0.5, 0.6) is 0 Å². The quantitative estimate of drug-likeness (QED) is 0.136. The number of likely N-dealkylation sites (tertiary alicyclic amines) is 2. The Hall–Kier alpha value is -2.19. The summed E-state index contributed by atoms with van der Waals surface area (Å²) in [5.41, 5.74) is 6.56. The molecular formula is C38H50N8O2PtS4. The number of carbonyl (C=O) groups excluding carboxylic acids is 2. The van der Waals surface area contributed by atoms with Gasteiger partial charge in [-0.15, -0.1) is 33.7 Å². The minimum atomic E-state index is -0.0800. The van der Waals surface area contributed by atoms with Crippen molar-refractivity contribution < 1.29 is 30.7 Å². The number of aryl methyl sites for hydroxylation is 2. The van der Waals surface area contributed by atoms with Crippen molar-refractivity contribution in [3.05, 3.63) is 58.7 Å². The maximum atomic E-state index is 13.0. The monoisotopic (exact) mass is 973 g/mol. The SMILES string of the molecule is CS/C([S-])=N/N=C1/C(=O)N(CCN2CCC(C)CC2)c2ccc(C)cc21.CS/C([S-])=N/N=C1/C(=O)N(CCN2CCC(C)CC2)c2ccc(C)cc21.[Pt+2]. The first-order valence-corrected chi connectivity index (χ1v) is 21.3. The fourth-order valence-corrected chi connectivity index (χ4v) is 7.14. The van der Waals surface area contributed by atoms with Crippen molar-refractivity contribution in [1.82, 2.24) is 9.80 Å². The summed E-state index contributed by atoms with van der Waals surface area (Å²) in [6.07, 6.45) is 8.66. The van der Waals surface area contributed by atoms with Crippen molar-refractivity contribution in [2.45, 2.75) is 53.4 Å². The normalized spacial score (nSPS) is 20.5. The van der Waals surface area contributed by atoms with Gasteiger partial charge in [0.15, 0.2) is 11.4 Å². The van der Waals surface area contributed by atoms with Crippen molar-refractivity contribution in [1.29, 1.82) is 0 Å². The molecule has 0 aromatic heterocycles. The number of benzene rings is 2. The number of hydrogen-bond donors (Lipinski definition) is 0. The van der Waals surface area contributed by atoms with Crippen LogP contribution in [0.3, 0.4) is 0 Å². The zero-order valence-electron chi connectivity index (χ0n) is 31.4. The van der Waals surface area contributed by atoms with Gasteiger partial charge < -0.3 is 44.9 Å². The molecule has 0 spiro atoms. The third kappa shape index (κ3) is 11.4. The molecule has 6 rings (SSSR count). The molecule has 4 aliphatic heterocycles. The third-order valence-electron chi connectivity index (χ3n) is 10.1. The van der Waals surface area contributed by atoms with Gasteiger partial charge in [0.1, 0.15) is 0 Å². The molecule has 10 nitrogen and oxygen atoms in total. The zero-order valence-corrected chi connectivity index (χ0v) is 37.0. The molecule has 2 aromatic carbocycles. The predicted molar refractivity (Wildman–Crippen MR) is 226 cm³/mol. The van der Waals surface area contributed by atoms with E-state index in [1.807, 2.05) is 72.6 Å². The van der Waals surface area contributed by atoms with Gasteiger partial charge in [-0.1, -0.05) is 37.1 Å². The number of thioether (sulfide) groups is 2. The summed E-state index contributed by atoms with van der Waals surface area (Å²) in [7, 11) is 0. The number of rotatable bonds is 8. The first kappa shape index (κ1) is 43.5. The topological polar surface area (TPSA) is 96.5 Å². The van der Waals surface area contributed by atoms with Gasteiger partial charge in [0.25, 0.3) is 11.8 Å². The van der Waals surface area contributed by atoms with E-state index < -0.39 is 0 Å². The van der Waals surface area contributed by atoms with E-state index in [1.165, 1.54) is 49.2 Å². The molecule has 4 aliphatic rings. The Balaban J connectivity index is 0.000000232. The van der Waals surface area contributed by atoms with Crippen molar-refractivity contribution in [2.24, 2.45) is 32.2 Å². The van der Waals surface area contributed by atoms with Crippen LogP contribution in [0, 0.1) is 25.7 Å². The van der Waals surface area contributed by atoms with Crippen molar-refractivity contribution in [2.75, 3.05) is 74.7 Å². The van der Waals surface area contributed by atoms with Crippen molar-refractivity contribution in [3.8, 4) is 0 Å². The smallest absolute Gasteiger partial charge is 0.752 e. The maximum Gasteiger partial charge on any atom is 2.00 e. The minimum Gasteiger partial charge on any atom is -0.752 e. The first-order valence-electron chi connectivity index (χ1n) is 18.0. The second-order valence-electron chi connectivity index (χ2n) is 14.0. The van der Waals surface area contributed by atoms with E-state index in [2.05, 4.69) is 44.1 Å². The van der Waals surface area contributed by atoms with Crippen LogP contribution >= 0.6 is 23.5 Å². The van der Waals surface area contributed by atoms with E-state index in [0.717, 1.165) is 84.7 Å². The van der Waals surface area contributed by atoms with E-state index in [9.17, 15) is 9.59 Å². The Bertz CT molecular complexity index is 1610. The number of piperidine rings is 2.